The highest BCUT2D eigenvalue weighted by Crippen LogP contribution is 2.38. The average Bonchev–Trinajstić information content (AvgIpc) is 3.06. The maximum atomic E-state index is 13.3. The molecule has 1 fully saturated rings. The number of carboxylic acids is 1. The number of hydrogen-bond donors (Lipinski definition) is 2. The molecule has 0 unspecified atom stereocenters. The predicted molar refractivity (Wildman–Crippen MR) is 121 cm³/mol. The Balaban J connectivity index is 1.64. The number of fused-ring (bicyclic) bond motifs is 1. The first kappa shape index (κ1) is 25.2. The molecule has 0 saturated carbocycles. The Kier molecular flexibility index (Phi) is 6.95. The van der Waals surface area contributed by atoms with E-state index in [4.69, 9.17) is 9.84 Å². The summed E-state index contributed by atoms with van der Waals surface area (Å²) < 4.78 is 47.1. The van der Waals surface area contributed by atoms with Gasteiger partial charge in [0.15, 0.2) is 0 Å². The Morgan fingerprint density at radius 3 is 2.66 bits per heavy atom. The lowest BCUT2D eigenvalue weighted by molar-refractivity contribution is -0.137. The van der Waals surface area contributed by atoms with Crippen LogP contribution in [-0.2, 0) is 36.7 Å². The second kappa shape index (κ2) is 9.64. The summed E-state index contributed by atoms with van der Waals surface area (Å²) in [6, 6.07) is 2.73. The third-order valence-electron chi connectivity index (χ3n) is 7.13. The summed E-state index contributed by atoms with van der Waals surface area (Å²) in [4.78, 5) is 24.6. The van der Waals surface area contributed by atoms with Gasteiger partial charge in [-0.2, -0.15) is 18.3 Å². The highest BCUT2D eigenvalue weighted by atomic mass is 19.4. The van der Waals surface area contributed by atoms with Crippen molar-refractivity contribution in [2.75, 3.05) is 19.8 Å². The summed E-state index contributed by atoms with van der Waals surface area (Å²) in [6.07, 6.45) is -1.55. The second-order valence-corrected chi connectivity index (χ2v) is 9.76. The number of amides is 1. The standard InChI is InChI=1S/C25H30F3N3O4/c1-3-19-21-20(12-24(14-29-22(21)32)6-8-35-9-7-24)31(30-19)13-15(2)10-16-11-17(25(26,27)28)4-5-18(16)23(33)34/h4-5,11,15H,3,6-10,12-14H2,1-2H3,(H,29,32)(H,33,34)/t15-/m1/s1. The SMILES string of the molecule is CCc1nn(C[C@H](C)Cc2cc(C(F)(F)F)ccc2C(=O)O)c2c1C(=O)NCC1(CCOCC1)C2. The molecule has 0 radical (unpaired) electrons. The van der Waals surface area contributed by atoms with Crippen molar-refractivity contribution in [2.45, 2.75) is 58.7 Å². The molecule has 0 bridgehead atoms. The molecule has 35 heavy (non-hydrogen) atoms. The molecule has 2 aliphatic rings. The van der Waals surface area contributed by atoms with Gasteiger partial charge in [0, 0.05) is 26.3 Å². The van der Waals surface area contributed by atoms with E-state index in [0.717, 1.165) is 36.7 Å². The topological polar surface area (TPSA) is 93.5 Å². The number of hydrogen-bond acceptors (Lipinski definition) is 4. The van der Waals surface area contributed by atoms with Gasteiger partial charge in [0.25, 0.3) is 5.91 Å². The van der Waals surface area contributed by atoms with Gasteiger partial charge >= 0.3 is 12.1 Å². The summed E-state index contributed by atoms with van der Waals surface area (Å²) in [6.45, 7) is 5.97. The molecule has 4 rings (SSSR count). The molecule has 2 aromatic rings. The van der Waals surface area contributed by atoms with Gasteiger partial charge in [-0.15, -0.1) is 0 Å². The number of aryl methyl sites for hydroxylation is 1. The van der Waals surface area contributed by atoms with Crippen molar-refractivity contribution < 1.29 is 32.6 Å². The first-order chi connectivity index (χ1) is 16.5. The number of nitrogens with zero attached hydrogens (tertiary/aromatic N) is 2. The van der Waals surface area contributed by atoms with E-state index in [1.54, 1.807) is 0 Å². The van der Waals surface area contributed by atoms with Crippen molar-refractivity contribution in [3.05, 3.63) is 51.8 Å². The fraction of sp³-hybridized carbons (Fsp3) is 0.560. The Morgan fingerprint density at radius 2 is 2.03 bits per heavy atom. The average molecular weight is 494 g/mol. The number of carbonyl (C=O) groups is 2. The number of rotatable bonds is 6. The number of halogens is 3. The van der Waals surface area contributed by atoms with Gasteiger partial charge < -0.3 is 15.2 Å². The molecule has 7 nitrogen and oxygen atoms in total. The summed E-state index contributed by atoms with van der Waals surface area (Å²) in [5.74, 6) is -1.63. The van der Waals surface area contributed by atoms with Crippen molar-refractivity contribution in [1.82, 2.24) is 15.1 Å². The van der Waals surface area contributed by atoms with Crippen molar-refractivity contribution in [3.8, 4) is 0 Å². The van der Waals surface area contributed by atoms with Gasteiger partial charge in [-0.25, -0.2) is 4.79 Å². The molecule has 1 saturated heterocycles. The van der Waals surface area contributed by atoms with Crippen molar-refractivity contribution in [3.63, 3.8) is 0 Å². The quantitative estimate of drug-likeness (QED) is 0.632. The molecule has 0 aliphatic carbocycles. The van der Waals surface area contributed by atoms with Gasteiger partial charge in [-0.3, -0.25) is 9.48 Å². The minimum Gasteiger partial charge on any atom is -0.478 e. The van der Waals surface area contributed by atoms with E-state index < -0.39 is 17.7 Å². The van der Waals surface area contributed by atoms with Crippen LogP contribution in [-0.4, -0.2) is 46.5 Å². The maximum Gasteiger partial charge on any atom is 0.416 e. The molecule has 2 aliphatic heterocycles. The minimum absolute atomic E-state index is 0.122. The first-order valence-electron chi connectivity index (χ1n) is 11.9. The summed E-state index contributed by atoms with van der Waals surface area (Å²) in [7, 11) is 0. The molecular formula is C25H30F3N3O4. The largest absolute Gasteiger partial charge is 0.478 e. The Hall–Kier alpha value is -2.88. The summed E-state index contributed by atoms with van der Waals surface area (Å²) >= 11 is 0. The third kappa shape index (κ3) is 5.22. The van der Waals surface area contributed by atoms with Crippen LogP contribution in [0.25, 0.3) is 0 Å². The second-order valence-electron chi connectivity index (χ2n) is 9.76. The van der Waals surface area contributed by atoms with E-state index in [9.17, 15) is 27.9 Å². The molecule has 3 heterocycles. The number of ether oxygens (including phenoxy) is 1. The molecule has 2 N–H and O–H groups in total. The highest BCUT2D eigenvalue weighted by Gasteiger charge is 2.40. The molecule has 1 aromatic heterocycles. The van der Waals surface area contributed by atoms with E-state index >= 15 is 0 Å². The van der Waals surface area contributed by atoms with Gasteiger partial charge in [0.1, 0.15) is 0 Å². The lowest BCUT2D eigenvalue weighted by Crippen LogP contribution is -2.40. The minimum atomic E-state index is -4.56. The maximum absolute atomic E-state index is 13.3. The highest BCUT2D eigenvalue weighted by molar-refractivity contribution is 5.97. The Morgan fingerprint density at radius 1 is 1.31 bits per heavy atom. The van der Waals surface area contributed by atoms with E-state index in [2.05, 4.69) is 5.32 Å². The van der Waals surface area contributed by atoms with Crippen LogP contribution in [0.4, 0.5) is 13.2 Å². The van der Waals surface area contributed by atoms with Gasteiger partial charge in [-0.05, 0) is 67.2 Å². The predicted octanol–water partition coefficient (Wildman–Crippen LogP) is 4.12. The number of benzene rings is 1. The van der Waals surface area contributed by atoms with Crippen molar-refractivity contribution >= 4 is 11.9 Å². The van der Waals surface area contributed by atoms with Crippen LogP contribution >= 0.6 is 0 Å². The van der Waals surface area contributed by atoms with E-state index in [1.165, 1.54) is 0 Å². The van der Waals surface area contributed by atoms with Crippen LogP contribution in [0, 0.1) is 11.3 Å². The number of carboxylic acid groups (broad SMARTS) is 1. The van der Waals surface area contributed by atoms with Crippen LogP contribution in [0.15, 0.2) is 18.2 Å². The van der Waals surface area contributed by atoms with Crippen LogP contribution < -0.4 is 5.32 Å². The molecule has 1 amide bonds. The van der Waals surface area contributed by atoms with E-state index in [0.29, 0.717) is 50.4 Å². The molecule has 1 atom stereocenters. The van der Waals surface area contributed by atoms with Crippen LogP contribution in [0.5, 0.6) is 0 Å². The van der Waals surface area contributed by atoms with Gasteiger partial charge in [-0.1, -0.05) is 13.8 Å². The number of nitrogens with one attached hydrogen (secondary N) is 1. The molecule has 10 heteroatoms. The van der Waals surface area contributed by atoms with Crippen LogP contribution in [0.3, 0.4) is 0 Å². The third-order valence-corrected chi connectivity index (χ3v) is 7.13. The lowest BCUT2D eigenvalue weighted by atomic mass is 9.76. The Bertz CT molecular complexity index is 1120. The fourth-order valence-electron chi connectivity index (χ4n) is 5.21. The zero-order valence-electron chi connectivity index (χ0n) is 19.9. The number of carbonyl (C=O) groups excluding carboxylic acids is 1. The van der Waals surface area contributed by atoms with Crippen LogP contribution in [0.1, 0.15) is 69.9 Å². The molecule has 1 aromatic carbocycles. The van der Waals surface area contributed by atoms with Gasteiger partial charge in [0.2, 0.25) is 0 Å². The summed E-state index contributed by atoms with van der Waals surface area (Å²) in [5.41, 5.74) is 1.12. The lowest BCUT2D eigenvalue weighted by Gasteiger charge is -2.36. The van der Waals surface area contributed by atoms with E-state index in [1.807, 2.05) is 18.5 Å². The smallest absolute Gasteiger partial charge is 0.416 e. The number of aromatic carboxylic acids is 1. The van der Waals surface area contributed by atoms with E-state index in [-0.39, 0.29) is 34.8 Å². The van der Waals surface area contributed by atoms with Crippen molar-refractivity contribution in [2.24, 2.45) is 11.3 Å². The van der Waals surface area contributed by atoms with Crippen LogP contribution in [0.2, 0.25) is 0 Å². The number of alkyl halides is 3. The number of aromatic nitrogens is 2. The van der Waals surface area contributed by atoms with Crippen molar-refractivity contribution in [1.29, 1.82) is 0 Å². The molecular weight excluding hydrogens is 463 g/mol. The normalized spacial score (nSPS) is 18.6. The zero-order valence-corrected chi connectivity index (χ0v) is 19.9. The molecule has 190 valence electrons. The summed E-state index contributed by atoms with van der Waals surface area (Å²) in [5, 5.41) is 17.3. The fourth-order valence-corrected chi connectivity index (χ4v) is 5.21. The zero-order chi connectivity index (χ0) is 25.4. The molecule has 1 spiro atoms. The first-order valence-corrected chi connectivity index (χ1v) is 11.9. The monoisotopic (exact) mass is 493 g/mol. The Labute approximate surface area is 201 Å². The van der Waals surface area contributed by atoms with Gasteiger partial charge in [0.05, 0.1) is 28.1 Å².